The molecule has 0 saturated carbocycles. The van der Waals surface area contributed by atoms with Crippen LogP contribution >= 0.6 is 0 Å². The minimum absolute atomic E-state index is 0.0129. The molecule has 3 rings (SSSR count). The predicted octanol–water partition coefficient (Wildman–Crippen LogP) is 4.05. The van der Waals surface area contributed by atoms with Crippen molar-refractivity contribution >= 4 is 21.6 Å². The number of aryl methyl sites for hydroxylation is 1. The molecular weight excluding hydrogens is 405 g/mol. The number of halogens is 3. The van der Waals surface area contributed by atoms with Gasteiger partial charge in [-0.2, -0.15) is 17.5 Å². The summed E-state index contributed by atoms with van der Waals surface area (Å²) in [5.41, 5.74) is 0.104. The Morgan fingerprint density at radius 1 is 1.14 bits per heavy atom. The van der Waals surface area contributed by atoms with Crippen molar-refractivity contribution in [3.63, 3.8) is 0 Å². The third-order valence-electron chi connectivity index (χ3n) is 4.87. The zero-order valence-corrected chi connectivity index (χ0v) is 16.6. The molecule has 1 saturated heterocycles. The first kappa shape index (κ1) is 21.3. The minimum Gasteiger partial charge on any atom is -0.326 e. The van der Waals surface area contributed by atoms with Crippen LogP contribution in [0.1, 0.15) is 24.0 Å². The van der Waals surface area contributed by atoms with E-state index >= 15 is 0 Å². The summed E-state index contributed by atoms with van der Waals surface area (Å²) in [5, 5.41) is 2.48. The number of hydrogen-bond donors (Lipinski definition) is 1. The van der Waals surface area contributed by atoms with Gasteiger partial charge in [0.25, 0.3) is 0 Å². The van der Waals surface area contributed by atoms with Crippen molar-refractivity contribution < 1.29 is 26.4 Å². The van der Waals surface area contributed by atoms with Crippen molar-refractivity contribution in [3.8, 4) is 0 Å². The number of nitrogens with one attached hydrogen (secondary N) is 1. The van der Waals surface area contributed by atoms with Crippen LogP contribution in [0.2, 0.25) is 0 Å². The summed E-state index contributed by atoms with van der Waals surface area (Å²) < 4.78 is 65.5. The van der Waals surface area contributed by atoms with Gasteiger partial charge in [0.15, 0.2) is 0 Å². The van der Waals surface area contributed by atoms with Gasteiger partial charge in [0.2, 0.25) is 15.9 Å². The number of carbonyl (C=O) groups is 1. The van der Waals surface area contributed by atoms with Crippen LogP contribution in [-0.2, 0) is 21.0 Å². The van der Waals surface area contributed by atoms with Gasteiger partial charge in [0.05, 0.1) is 16.4 Å². The summed E-state index contributed by atoms with van der Waals surface area (Å²) in [6, 6.07) is 10.8. The van der Waals surface area contributed by atoms with Crippen LogP contribution in [0.3, 0.4) is 0 Å². The molecule has 1 heterocycles. The number of piperidine rings is 1. The normalized spacial score (nSPS) is 18.4. The molecule has 1 fully saturated rings. The molecule has 5 nitrogen and oxygen atoms in total. The lowest BCUT2D eigenvalue weighted by atomic mass is 9.98. The Morgan fingerprint density at radius 2 is 1.83 bits per heavy atom. The molecule has 1 atom stereocenters. The monoisotopic (exact) mass is 426 g/mol. The summed E-state index contributed by atoms with van der Waals surface area (Å²) in [6.07, 6.45) is -3.55. The van der Waals surface area contributed by atoms with Crippen molar-refractivity contribution in [1.29, 1.82) is 0 Å². The Hall–Kier alpha value is -2.39. The van der Waals surface area contributed by atoms with E-state index in [9.17, 15) is 26.4 Å². The Kier molecular flexibility index (Phi) is 6.00. The van der Waals surface area contributed by atoms with Crippen molar-refractivity contribution in [2.24, 2.45) is 5.92 Å². The number of carbonyl (C=O) groups excluding carboxylic acids is 1. The molecule has 2 aromatic carbocycles. The lowest BCUT2D eigenvalue weighted by Gasteiger charge is -2.31. The molecule has 2 aromatic rings. The zero-order chi connectivity index (χ0) is 21.2. The standard InChI is InChI=1S/C20H21F3N2O3S/c1-14-7-9-18(10-8-14)29(27,28)25-11-3-4-15(13-25)19(26)24-17-6-2-5-16(12-17)20(21,22)23/h2,5-10,12,15H,3-4,11,13H2,1H3,(H,24,26)/t15-/m1/s1. The first-order valence-electron chi connectivity index (χ1n) is 9.12. The SMILES string of the molecule is Cc1ccc(S(=O)(=O)N2CCC[C@@H](C(=O)Nc3cccc(C(F)(F)F)c3)C2)cc1. The molecule has 0 aromatic heterocycles. The molecular formula is C20H21F3N2O3S. The molecule has 0 spiro atoms. The molecule has 0 bridgehead atoms. The van der Waals surface area contributed by atoms with Gasteiger partial charge in [-0.05, 0) is 50.1 Å². The topological polar surface area (TPSA) is 66.5 Å². The van der Waals surface area contributed by atoms with Gasteiger partial charge in [-0.1, -0.05) is 23.8 Å². The van der Waals surface area contributed by atoms with Crippen molar-refractivity contribution in [3.05, 3.63) is 59.7 Å². The second-order valence-corrected chi connectivity index (χ2v) is 9.02. The maximum atomic E-state index is 12.8. The van der Waals surface area contributed by atoms with Crippen LogP contribution < -0.4 is 5.32 Å². The van der Waals surface area contributed by atoms with Gasteiger partial charge in [0.1, 0.15) is 0 Å². The largest absolute Gasteiger partial charge is 0.416 e. The van der Waals surface area contributed by atoms with Gasteiger partial charge in [0, 0.05) is 18.8 Å². The first-order valence-corrected chi connectivity index (χ1v) is 10.6. The molecule has 1 aliphatic heterocycles. The summed E-state index contributed by atoms with van der Waals surface area (Å²) in [5.74, 6) is -1.13. The van der Waals surface area contributed by atoms with Crippen molar-refractivity contribution in [2.45, 2.75) is 30.8 Å². The average Bonchev–Trinajstić information content (AvgIpc) is 2.68. The highest BCUT2D eigenvalue weighted by Gasteiger charge is 2.34. The van der Waals surface area contributed by atoms with E-state index in [-0.39, 0.29) is 17.1 Å². The molecule has 0 radical (unpaired) electrons. The fourth-order valence-corrected chi connectivity index (χ4v) is 4.78. The molecule has 0 aliphatic carbocycles. The molecule has 1 N–H and O–H groups in total. The lowest BCUT2D eigenvalue weighted by Crippen LogP contribution is -2.43. The van der Waals surface area contributed by atoms with E-state index < -0.39 is 33.6 Å². The summed E-state index contributed by atoms with van der Waals surface area (Å²) in [7, 11) is -3.74. The molecule has 29 heavy (non-hydrogen) atoms. The number of anilines is 1. The van der Waals surface area contributed by atoms with Crippen molar-refractivity contribution in [2.75, 3.05) is 18.4 Å². The maximum absolute atomic E-state index is 12.8. The third-order valence-corrected chi connectivity index (χ3v) is 6.75. The van der Waals surface area contributed by atoms with E-state index in [4.69, 9.17) is 0 Å². The Labute approximate surface area is 167 Å². The highest BCUT2D eigenvalue weighted by Crippen LogP contribution is 2.31. The zero-order valence-electron chi connectivity index (χ0n) is 15.7. The molecule has 0 unspecified atom stereocenters. The van der Waals surface area contributed by atoms with Crippen molar-refractivity contribution in [1.82, 2.24) is 4.31 Å². The number of rotatable bonds is 4. The van der Waals surface area contributed by atoms with Crippen LogP contribution in [0.5, 0.6) is 0 Å². The molecule has 156 valence electrons. The van der Waals surface area contributed by atoms with Gasteiger partial charge in [-0.3, -0.25) is 4.79 Å². The lowest BCUT2D eigenvalue weighted by molar-refractivity contribution is -0.137. The Bertz CT molecular complexity index is 989. The quantitative estimate of drug-likeness (QED) is 0.802. The number of amides is 1. The number of benzene rings is 2. The van der Waals surface area contributed by atoms with Gasteiger partial charge in [-0.25, -0.2) is 8.42 Å². The van der Waals surface area contributed by atoms with E-state index in [1.165, 1.54) is 28.6 Å². The van der Waals surface area contributed by atoms with Gasteiger partial charge in [-0.15, -0.1) is 0 Å². The van der Waals surface area contributed by atoms with Crippen LogP contribution in [0.4, 0.5) is 18.9 Å². The fraction of sp³-hybridized carbons (Fsp3) is 0.350. The maximum Gasteiger partial charge on any atom is 0.416 e. The van der Waals surface area contributed by atoms with Crippen LogP contribution in [0.25, 0.3) is 0 Å². The molecule has 1 aliphatic rings. The van der Waals surface area contributed by atoms with Crippen LogP contribution in [0.15, 0.2) is 53.4 Å². The van der Waals surface area contributed by atoms with E-state index in [1.807, 2.05) is 6.92 Å². The molecule has 1 amide bonds. The first-order chi connectivity index (χ1) is 13.6. The second kappa shape index (κ2) is 8.16. The fourth-order valence-electron chi connectivity index (χ4n) is 3.25. The van der Waals surface area contributed by atoms with Gasteiger partial charge >= 0.3 is 6.18 Å². The Balaban J connectivity index is 1.72. The number of hydrogen-bond acceptors (Lipinski definition) is 3. The highest BCUT2D eigenvalue weighted by molar-refractivity contribution is 7.89. The summed E-state index contributed by atoms with van der Waals surface area (Å²) >= 11 is 0. The van der Waals surface area contributed by atoms with E-state index in [0.29, 0.717) is 19.4 Å². The number of nitrogens with zero attached hydrogens (tertiary/aromatic N) is 1. The second-order valence-electron chi connectivity index (χ2n) is 7.08. The third kappa shape index (κ3) is 4.97. The highest BCUT2D eigenvalue weighted by atomic mass is 32.2. The van der Waals surface area contributed by atoms with E-state index in [1.54, 1.807) is 12.1 Å². The van der Waals surface area contributed by atoms with Gasteiger partial charge < -0.3 is 5.32 Å². The predicted molar refractivity (Wildman–Crippen MR) is 103 cm³/mol. The number of sulfonamides is 1. The summed E-state index contributed by atoms with van der Waals surface area (Å²) in [4.78, 5) is 12.7. The van der Waals surface area contributed by atoms with Crippen LogP contribution in [-0.4, -0.2) is 31.7 Å². The van der Waals surface area contributed by atoms with E-state index in [0.717, 1.165) is 17.7 Å². The average molecular weight is 426 g/mol. The van der Waals surface area contributed by atoms with Crippen LogP contribution in [0, 0.1) is 12.8 Å². The molecule has 9 heteroatoms. The smallest absolute Gasteiger partial charge is 0.326 e. The Morgan fingerprint density at radius 3 is 2.48 bits per heavy atom. The number of alkyl halides is 3. The van der Waals surface area contributed by atoms with E-state index in [2.05, 4.69) is 5.32 Å². The summed E-state index contributed by atoms with van der Waals surface area (Å²) in [6.45, 7) is 2.13. The minimum atomic E-state index is -4.51.